The molecular formula is C19H19N5O2. The average molecular weight is 349 g/mol. The lowest BCUT2D eigenvalue weighted by molar-refractivity contribution is -0.109. The minimum absolute atomic E-state index is 0.160. The predicted molar refractivity (Wildman–Crippen MR) is 100 cm³/mol. The second-order valence-electron chi connectivity index (χ2n) is 5.63. The lowest BCUT2D eigenvalue weighted by Gasteiger charge is -2.10. The molecule has 26 heavy (non-hydrogen) atoms. The summed E-state index contributed by atoms with van der Waals surface area (Å²) in [5.74, 6) is 0.528. The van der Waals surface area contributed by atoms with E-state index in [1.807, 2.05) is 36.4 Å². The molecule has 3 N–H and O–H groups in total. The zero-order valence-corrected chi connectivity index (χ0v) is 14.1. The van der Waals surface area contributed by atoms with Gasteiger partial charge in [-0.25, -0.2) is 9.97 Å². The van der Waals surface area contributed by atoms with Crippen LogP contribution in [0, 0.1) is 0 Å². The minimum Gasteiger partial charge on any atom is -0.359 e. The monoisotopic (exact) mass is 349 g/mol. The third-order valence-electron chi connectivity index (χ3n) is 3.80. The van der Waals surface area contributed by atoms with Gasteiger partial charge >= 0.3 is 0 Å². The van der Waals surface area contributed by atoms with Crippen molar-refractivity contribution >= 4 is 34.7 Å². The second-order valence-corrected chi connectivity index (χ2v) is 5.63. The van der Waals surface area contributed by atoms with E-state index in [4.69, 9.17) is 0 Å². The Kier molecular flexibility index (Phi) is 5.72. The molecule has 0 atom stereocenters. The molecule has 0 bridgehead atoms. The van der Waals surface area contributed by atoms with Crippen molar-refractivity contribution in [3.63, 3.8) is 0 Å². The Bertz CT molecular complexity index is 908. The van der Waals surface area contributed by atoms with Crippen molar-refractivity contribution < 1.29 is 9.59 Å². The number of carbonyl (C=O) groups excluding carboxylic acids is 2. The number of carbonyl (C=O) groups is 2. The molecular weight excluding hydrogens is 330 g/mol. The molecule has 132 valence electrons. The van der Waals surface area contributed by atoms with Crippen molar-refractivity contribution in [2.75, 3.05) is 18.4 Å². The molecule has 2 aromatic carbocycles. The Morgan fingerprint density at radius 3 is 2.81 bits per heavy atom. The number of anilines is 2. The molecule has 0 saturated carbocycles. The van der Waals surface area contributed by atoms with Crippen LogP contribution in [-0.4, -0.2) is 35.4 Å². The molecule has 7 heteroatoms. The third-order valence-corrected chi connectivity index (χ3v) is 3.80. The van der Waals surface area contributed by atoms with Crippen LogP contribution in [0.4, 0.5) is 11.5 Å². The maximum Gasteiger partial charge on any atom is 0.251 e. The first kappa shape index (κ1) is 17.3. The first-order valence-electron chi connectivity index (χ1n) is 8.30. The fourth-order valence-corrected chi connectivity index (χ4v) is 2.53. The van der Waals surface area contributed by atoms with Crippen LogP contribution in [0.15, 0.2) is 54.9 Å². The van der Waals surface area contributed by atoms with Crippen molar-refractivity contribution in [2.45, 2.75) is 6.42 Å². The number of nitrogens with zero attached hydrogens (tertiary/aromatic N) is 2. The summed E-state index contributed by atoms with van der Waals surface area (Å²) in [4.78, 5) is 31.0. The van der Waals surface area contributed by atoms with Gasteiger partial charge in [-0.2, -0.15) is 0 Å². The summed E-state index contributed by atoms with van der Waals surface area (Å²) < 4.78 is 0. The van der Waals surface area contributed by atoms with Crippen molar-refractivity contribution in [2.24, 2.45) is 0 Å². The van der Waals surface area contributed by atoms with Gasteiger partial charge in [-0.3, -0.25) is 9.59 Å². The van der Waals surface area contributed by atoms with Crippen LogP contribution in [0.5, 0.6) is 0 Å². The Morgan fingerprint density at radius 1 is 1.04 bits per heavy atom. The molecule has 3 aromatic rings. The number of nitrogens with one attached hydrogen (secondary N) is 3. The van der Waals surface area contributed by atoms with E-state index in [1.165, 1.54) is 6.33 Å². The summed E-state index contributed by atoms with van der Waals surface area (Å²) in [6.45, 7) is 1.03. The SMILES string of the molecule is O=CNCCCNC(=O)c1cccc(Nc2ncnc3ccccc23)c1. The Balaban J connectivity index is 1.69. The number of benzene rings is 2. The Labute approximate surface area is 150 Å². The molecule has 7 nitrogen and oxygen atoms in total. The van der Waals surface area contributed by atoms with Crippen molar-refractivity contribution in [3.05, 3.63) is 60.4 Å². The highest BCUT2D eigenvalue weighted by atomic mass is 16.1. The van der Waals surface area contributed by atoms with E-state index >= 15 is 0 Å². The van der Waals surface area contributed by atoms with E-state index < -0.39 is 0 Å². The van der Waals surface area contributed by atoms with Gasteiger partial charge in [0.05, 0.1) is 5.52 Å². The van der Waals surface area contributed by atoms with Gasteiger partial charge < -0.3 is 16.0 Å². The Morgan fingerprint density at radius 2 is 1.92 bits per heavy atom. The van der Waals surface area contributed by atoms with E-state index in [-0.39, 0.29) is 5.91 Å². The molecule has 1 aromatic heterocycles. The molecule has 0 spiro atoms. The van der Waals surface area contributed by atoms with Gasteiger partial charge in [-0.15, -0.1) is 0 Å². The number of fused-ring (bicyclic) bond motifs is 1. The van der Waals surface area contributed by atoms with Crippen molar-refractivity contribution in [3.8, 4) is 0 Å². The molecule has 0 aliphatic rings. The van der Waals surface area contributed by atoms with Gasteiger partial charge in [-0.05, 0) is 36.8 Å². The van der Waals surface area contributed by atoms with Gasteiger partial charge in [0.1, 0.15) is 12.1 Å². The maximum atomic E-state index is 12.2. The van der Waals surface area contributed by atoms with E-state index in [9.17, 15) is 9.59 Å². The van der Waals surface area contributed by atoms with Crippen LogP contribution in [0.1, 0.15) is 16.8 Å². The van der Waals surface area contributed by atoms with Crippen LogP contribution < -0.4 is 16.0 Å². The van der Waals surface area contributed by atoms with Crippen LogP contribution >= 0.6 is 0 Å². The lowest BCUT2D eigenvalue weighted by Crippen LogP contribution is -2.27. The Hall–Kier alpha value is -3.48. The highest BCUT2D eigenvalue weighted by Gasteiger charge is 2.07. The van der Waals surface area contributed by atoms with E-state index in [1.54, 1.807) is 12.1 Å². The summed E-state index contributed by atoms with van der Waals surface area (Å²) in [5.41, 5.74) is 2.17. The predicted octanol–water partition coefficient (Wildman–Crippen LogP) is 2.24. The first-order valence-corrected chi connectivity index (χ1v) is 8.30. The lowest BCUT2D eigenvalue weighted by atomic mass is 10.1. The van der Waals surface area contributed by atoms with E-state index in [0.29, 0.717) is 37.3 Å². The standard InChI is InChI=1S/C19H19N5O2/c25-13-20-9-4-10-21-19(26)14-5-3-6-15(11-14)24-18-16-7-1-2-8-17(16)22-12-23-18/h1-3,5-8,11-13H,4,9-10H2,(H,20,25)(H,21,26)(H,22,23,24). The zero-order chi connectivity index (χ0) is 18.2. The summed E-state index contributed by atoms with van der Waals surface area (Å²) in [6, 6.07) is 14.9. The highest BCUT2D eigenvalue weighted by Crippen LogP contribution is 2.23. The topological polar surface area (TPSA) is 96.0 Å². The quantitative estimate of drug-likeness (QED) is 0.428. The smallest absolute Gasteiger partial charge is 0.251 e. The van der Waals surface area contributed by atoms with Crippen LogP contribution in [0.3, 0.4) is 0 Å². The van der Waals surface area contributed by atoms with Crippen molar-refractivity contribution in [1.82, 2.24) is 20.6 Å². The first-order chi connectivity index (χ1) is 12.8. The number of aromatic nitrogens is 2. The molecule has 1 heterocycles. The molecule has 0 aliphatic heterocycles. The fraction of sp³-hybridized carbons (Fsp3) is 0.158. The molecule has 2 amide bonds. The molecule has 0 radical (unpaired) electrons. The largest absolute Gasteiger partial charge is 0.359 e. The summed E-state index contributed by atoms with van der Waals surface area (Å²) in [7, 11) is 0. The minimum atomic E-state index is -0.160. The van der Waals surface area contributed by atoms with E-state index in [2.05, 4.69) is 25.9 Å². The molecule has 0 unspecified atom stereocenters. The average Bonchev–Trinajstić information content (AvgIpc) is 2.68. The molecule has 0 saturated heterocycles. The molecule has 3 rings (SSSR count). The van der Waals surface area contributed by atoms with Crippen LogP contribution in [0.2, 0.25) is 0 Å². The zero-order valence-electron chi connectivity index (χ0n) is 14.1. The van der Waals surface area contributed by atoms with Gasteiger partial charge in [0, 0.05) is 29.7 Å². The normalized spacial score (nSPS) is 10.3. The number of hydrogen-bond acceptors (Lipinski definition) is 5. The summed E-state index contributed by atoms with van der Waals surface area (Å²) in [5, 5.41) is 9.55. The van der Waals surface area contributed by atoms with Gasteiger partial charge in [0.15, 0.2) is 0 Å². The van der Waals surface area contributed by atoms with Gasteiger partial charge in [0.25, 0.3) is 5.91 Å². The highest BCUT2D eigenvalue weighted by molar-refractivity contribution is 5.96. The number of hydrogen-bond donors (Lipinski definition) is 3. The molecule has 0 fully saturated rings. The van der Waals surface area contributed by atoms with Gasteiger partial charge in [0.2, 0.25) is 6.41 Å². The summed E-state index contributed by atoms with van der Waals surface area (Å²) >= 11 is 0. The van der Waals surface area contributed by atoms with Gasteiger partial charge in [-0.1, -0.05) is 18.2 Å². The molecule has 0 aliphatic carbocycles. The maximum absolute atomic E-state index is 12.2. The van der Waals surface area contributed by atoms with Crippen LogP contribution in [-0.2, 0) is 4.79 Å². The summed E-state index contributed by atoms with van der Waals surface area (Å²) in [6.07, 6.45) is 2.83. The number of amides is 2. The third kappa shape index (κ3) is 4.32. The fourth-order valence-electron chi connectivity index (χ4n) is 2.53. The van der Waals surface area contributed by atoms with Crippen molar-refractivity contribution in [1.29, 1.82) is 0 Å². The van der Waals surface area contributed by atoms with E-state index in [0.717, 1.165) is 16.6 Å². The van der Waals surface area contributed by atoms with Crippen LogP contribution in [0.25, 0.3) is 10.9 Å². The number of para-hydroxylation sites is 1. The second kappa shape index (κ2) is 8.57. The number of rotatable bonds is 8.